The molecule has 0 unspecified atom stereocenters. The molecule has 0 aromatic rings. The number of hydrogen-bond donors (Lipinski definition) is 2. The van der Waals surface area contributed by atoms with Gasteiger partial charge in [0.05, 0.1) is 12.1 Å². The number of carbonyl (C=O) groups is 1. The molecule has 14 heavy (non-hydrogen) atoms. The Hall–Kier alpha value is -0.610. The average Bonchev–Trinajstić information content (AvgIpc) is 2.16. The number of aliphatic hydroxyl groups is 1. The Morgan fingerprint density at radius 3 is 2.71 bits per heavy atom. The summed E-state index contributed by atoms with van der Waals surface area (Å²) in [6, 6.07) is -0.212. The molecular formula is C10H20N2O2. The molecule has 4 nitrogen and oxygen atoms in total. The first-order valence-corrected chi connectivity index (χ1v) is 5.23. The Balaban J connectivity index is 2.51. The largest absolute Gasteiger partial charge is 0.393 e. The Bertz CT molecular complexity index is 206. The molecule has 1 aliphatic heterocycles. The van der Waals surface area contributed by atoms with Crippen LogP contribution in [0.4, 0.5) is 0 Å². The molecule has 0 radical (unpaired) electrons. The third-order valence-electron chi connectivity index (χ3n) is 3.13. The van der Waals surface area contributed by atoms with E-state index in [0.717, 1.165) is 25.9 Å². The minimum Gasteiger partial charge on any atom is -0.393 e. The maximum Gasteiger partial charge on any atom is 0.234 e. The highest BCUT2D eigenvalue weighted by atomic mass is 16.3. The highest BCUT2D eigenvalue weighted by Gasteiger charge is 2.28. The summed E-state index contributed by atoms with van der Waals surface area (Å²) in [4.78, 5) is 13.1. The molecule has 3 N–H and O–H groups in total. The molecule has 0 bridgehead atoms. The van der Waals surface area contributed by atoms with Crippen molar-refractivity contribution in [2.45, 2.75) is 38.8 Å². The fourth-order valence-corrected chi connectivity index (χ4v) is 1.97. The smallest absolute Gasteiger partial charge is 0.234 e. The van der Waals surface area contributed by atoms with Gasteiger partial charge < -0.3 is 10.8 Å². The number of piperidine rings is 1. The van der Waals surface area contributed by atoms with Gasteiger partial charge in [-0.3, -0.25) is 9.69 Å². The Morgan fingerprint density at radius 2 is 2.21 bits per heavy atom. The zero-order chi connectivity index (χ0) is 10.7. The van der Waals surface area contributed by atoms with Crippen molar-refractivity contribution in [3.63, 3.8) is 0 Å². The van der Waals surface area contributed by atoms with Crippen molar-refractivity contribution in [3.8, 4) is 0 Å². The molecule has 0 aromatic heterocycles. The zero-order valence-electron chi connectivity index (χ0n) is 8.94. The van der Waals surface area contributed by atoms with Crippen LogP contribution in [0, 0.1) is 5.92 Å². The number of primary amides is 1. The molecule has 4 heteroatoms. The number of nitrogens with zero attached hydrogens (tertiary/aromatic N) is 1. The van der Waals surface area contributed by atoms with E-state index in [9.17, 15) is 9.90 Å². The van der Waals surface area contributed by atoms with Crippen LogP contribution >= 0.6 is 0 Å². The molecule has 0 aromatic carbocycles. The van der Waals surface area contributed by atoms with Gasteiger partial charge >= 0.3 is 0 Å². The summed E-state index contributed by atoms with van der Waals surface area (Å²) in [5.74, 6) is 0.00166. The first kappa shape index (κ1) is 11.5. The summed E-state index contributed by atoms with van der Waals surface area (Å²) in [6.07, 6.45) is 1.78. The van der Waals surface area contributed by atoms with Gasteiger partial charge in [0.25, 0.3) is 0 Å². The third-order valence-corrected chi connectivity index (χ3v) is 3.13. The predicted molar refractivity (Wildman–Crippen MR) is 54.6 cm³/mol. The van der Waals surface area contributed by atoms with Crippen molar-refractivity contribution >= 4 is 5.91 Å². The molecule has 1 aliphatic rings. The maximum absolute atomic E-state index is 11.0. The van der Waals surface area contributed by atoms with E-state index in [2.05, 4.69) is 4.90 Å². The molecule has 0 aliphatic carbocycles. The number of rotatable bonds is 3. The first-order chi connectivity index (χ1) is 6.52. The van der Waals surface area contributed by atoms with Crippen LogP contribution < -0.4 is 5.73 Å². The third kappa shape index (κ3) is 2.69. The van der Waals surface area contributed by atoms with Crippen LogP contribution in [0.15, 0.2) is 0 Å². The Morgan fingerprint density at radius 1 is 1.57 bits per heavy atom. The average molecular weight is 200 g/mol. The fraction of sp³-hybridized carbons (Fsp3) is 0.900. The van der Waals surface area contributed by atoms with Crippen LogP contribution in [0.3, 0.4) is 0 Å². The Labute approximate surface area is 85.1 Å². The minimum atomic E-state index is -0.294. The SMILES string of the molecule is C[C@@H](O)[C@@H]1CCCN([C@@H](C)C(N)=O)C1. The van der Waals surface area contributed by atoms with Crippen LogP contribution in [0.2, 0.25) is 0 Å². The minimum absolute atomic E-state index is 0.212. The lowest BCUT2D eigenvalue weighted by atomic mass is 9.92. The van der Waals surface area contributed by atoms with Crippen molar-refractivity contribution in [1.82, 2.24) is 4.90 Å². The molecule has 1 saturated heterocycles. The van der Waals surface area contributed by atoms with Gasteiger partial charge in [0.1, 0.15) is 0 Å². The second kappa shape index (κ2) is 4.75. The topological polar surface area (TPSA) is 66.6 Å². The fourth-order valence-electron chi connectivity index (χ4n) is 1.97. The molecule has 0 saturated carbocycles. The van der Waals surface area contributed by atoms with E-state index < -0.39 is 0 Å². The van der Waals surface area contributed by atoms with Crippen LogP contribution in [0.1, 0.15) is 26.7 Å². The van der Waals surface area contributed by atoms with E-state index in [-0.39, 0.29) is 24.0 Å². The summed E-state index contributed by atoms with van der Waals surface area (Å²) in [7, 11) is 0. The van der Waals surface area contributed by atoms with Crippen molar-refractivity contribution in [2.75, 3.05) is 13.1 Å². The zero-order valence-corrected chi connectivity index (χ0v) is 8.94. The van der Waals surface area contributed by atoms with Crippen molar-refractivity contribution in [1.29, 1.82) is 0 Å². The van der Waals surface area contributed by atoms with Crippen LogP contribution in [-0.2, 0) is 4.79 Å². The summed E-state index contributed by atoms with van der Waals surface area (Å²) >= 11 is 0. The van der Waals surface area contributed by atoms with Gasteiger partial charge in [-0.15, -0.1) is 0 Å². The van der Waals surface area contributed by atoms with Gasteiger partial charge in [0, 0.05) is 6.54 Å². The Kier molecular flexibility index (Phi) is 3.89. The van der Waals surface area contributed by atoms with E-state index in [0.29, 0.717) is 0 Å². The van der Waals surface area contributed by atoms with Gasteiger partial charge in [0.2, 0.25) is 5.91 Å². The van der Waals surface area contributed by atoms with Gasteiger partial charge in [-0.05, 0) is 39.2 Å². The molecule has 1 heterocycles. The van der Waals surface area contributed by atoms with E-state index in [1.165, 1.54) is 0 Å². The van der Waals surface area contributed by atoms with E-state index in [4.69, 9.17) is 5.73 Å². The summed E-state index contributed by atoms with van der Waals surface area (Å²) in [5.41, 5.74) is 5.25. The standard InChI is InChI=1S/C10H20N2O2/c1-7(10(11)14)12-5-3-4-9(6-12)8(2)13/h7-9,13H,3-6H2,1-2H3,(H2,11,14)/t7-,8+,9+/m0/s1. The molecule has 1 fully saturated rings. The second-order valence-electron chi connectivity index (χ2n) is 4.22. The van der Waals surface area contributed by atoms with E-state index in [1.807, 2.05) is 13.8 Å². The maximum atomic E-state index is 11.0. The lowest BCUT2D eigenvalue weighted by Crippen LogP contribution is -2.49. The van der Waals surface area contributed by atoms with Crippen molar-refractivity contribution in [3.05, 3.63) is 0 Å². The highest BCUT2D eigenvalue weighted by Crippen LogP contribution is 2.21. The van der Waals surface area contributed by atoms with Crippen LogP contribution in [-0.4, -0.2) is 41.1 Å². The van der Waals surface area contributed by atoms with Crippen molar-refractivity contribution in [2.24, 2.45) is 11.7 Å². The molecule has 0 spiro atoms. The van der Waals surface area contributed by atoms with Crippen LogP contribution in [0.5, 0.6) is 0 Å². The number of hydrogen-bond acceptors (Lipinski definition) is 3. The number of amides is 1. The lowest BCUT2D eigenvalue weighted by Gasteiger charge is -2.36. The van der Waals surface area contributed by atoms with Gasteiger partial charge in [0.15, 0.2) is 0 Å². The molecule has 1 amide bonds. The number of nitrogens with two attached hydrogens (primary N) is 1. The number of carbonyl (C=O) groups excluding carboxylic acids is 1. The summed E-state index contributed by atoms with van der Waals surface area (Å²) < 4.78 is 0. The van der Waals surface area contributed by atoms with E-state index in [1.54, 1.807) is 0 Å². The molecule has 3 atom stereocenters. The quantitative estimate of drug-likeness (QED) is 0.671. The lowest BCUT2D eigenvalue weighted by molar-refractivity contribution is -0.123. The number of likely N-dealkylation sites (tertiary alicyclic amines) is 1. The second-order valence-corrected chi connectivity index (χ2v) is 4.22. The molecule has 1 rings (SSSR count). The summed E-state index contributed by atoms with van der Waals surface area (Å²) in [6.45, 7) is 5.32. The van der Waals surface area contributed by atoms with Crippen LogP contribution in [0.25, 0.3) is 0 Å². The monoisotopic (exact) mass is 200 g/mol. The molecule has 82 valence electrons. The van der Waals surface area contributed by atoms with Crippen molar-refractivity contribution < 1.29 is 9.90 Å². The molecular weight excluding hydrogens is 180 g/mol. The number of aliphatic hydroxyl groups excluding tert-OH is 1. The predicted octanol–water partition coefficient (Wildman–Crippen LogP) is -0.0470. The normalized spacial score (nSPS) is 28.4. The summed E-state index contributed by atoms with van der Waals surface area (Å²) in [5, 5.41) is 9.47. The van der Waals surface area contributed by atoms with Gasteiger partial charge in [-0.25, -0.2) is 0 Å². The van der Waals surface area contributed by atoms with E-state index >= 15 is 0 Å². The van der Waals surface area contributed by atoms with Gasteiger partial charge in [-0.2, -0.15) is 0 Å². The van der Waals surface area contributed by atoms with Gasteiger partial charge in [-0.1, -0.05) is 0 Å². The highest BCUT2D eigenvalue weighted by molar-refractivity contribution is 5.79. The first-order valence-electron chi connectivity index (χ1n) is 5.23.